The van der Waals surface area contributed by atoms with Crippen molar-refractivity contribution in [2.45, 2.75) is 6.92 Å². The molecule has 1 N–H and O–H groups in total. The van der Waals surface area contributed by atoms with E-state index in [0.717, 1.165) is 21.3 Å². The molecule has 0 aliphatic carbocycles. The molecule has 0 saturated carbocycles. The minimum Gasteiger partial charge on any atom is -0.497 e. The molecule has 0 aliphatic rings. The van der Waals surface area contributed by atoms with Crippen LogP contribution < -0.4 is 14.8 Å². The molecule has 3 aromatic carbocycles. The molecule has 0 bridgehead atoms. The Balaban J connectivity index is 1.79. The van der Waals surface area contributed by atoms with Gasteiger partial charge in [-0.15, -0.1) is 5.10 Å². The van der Waals surface area contributed by atoms with E-state index in [1.165, 1.54) is 7.11 Å². The minimum absolute atomic E-state index is 0.00262. The van der Waals surface area contributed by atoms with Crippen molar-refractivity contribution in [2.24, 2.45) is 0 Å². The van der Waals surface area contributed by atoms with Gasteiger partial charge < -0.3 is 14.8 Å². The van der Waals surface area contributed by atoms with Crippen molar-refractivity contribution in [2.75, 3.05) is 19.5 Å². The number of amides is 1. The van der Waals surface area contributed by atoms with Gasteiger partial charge in [-0.05, 0) is 48.9 Å². The van der Waals surface area contributed by atoms with E-state index < -0.39 is 5.91 Å². The third-order valence-corrected chi connectivity index (χ3v) is 5.97. The second-order valence-corrected chi connectivity index (χ2v) is 8.40. The first-order chi connectivity index (χ1) is 15.9. The van der Waals surface area contributed by atoms with Crippen molar-refractivity contribution in [1.29, 1.82) is 0 Å². The molecule has 1 aromatic heterocycles. The van der Waals surface area contributed by atoms with Crippen molar-refractivity contribution in [3.8, 4) is 28.6 Å². The molecular weight excluding hydrogens is 508 g/mol. The number of aromatic nitrogens is 3. The van der Waals surface area contributed by atoms with Gasteiger partial charge in [0, 0.05) is 21.1 Å². The zero-order valence-corrected chi connectivity index (χ0v) is 20.4. The highest BCUT2D eigenvalue weighted by molar-refractivity contribution is 9.10. The van der Waals surface area contributed by atoms with Crippen molar-refractivity contribution in [3.63, 3.8) is 0 Å². The highest BCUT2D eigenvalue weighted by Gasteiger charge is 2.21. The van der Waals surface area contributed by atoms with Crippen molar-refractivity contribution in [3.05, 3.63) is 81.5 Å². The summed E-state index contributed by atoms with van der Waals surface area (Å²) in [6.45, 7) is 1.89. The number of anilines is 1. The van der Waals surface area contributed by atoms with Gasteiger partial charge in [0.2, 0.25) is 5.82 Å². The fourth-order valence-electron chi connectivity index (χ4n) is 3.28. The molecule has 0 atom stereocenters. The van der Waals surface area contributed by atoms with Crippen molar-refractivity contribution < 1.29 is 14.3 Å². The van der Waals surface area contributed by atoms with Gasteiger partial charge in [0.05, 0.1) is 25.6 Å². The third kappa shape index (κ3) is 4.72. The Morgan fingerprint density at radius 3 is 2.52 bits per heavy atom. The van der Waals surface area contributed by atoms with E-state index in [9.17, 15) is 4.79 Å². The Kier molecular flexibility index (Phi) is 6.67. The number of carbonyl (C=O) groups is 1. The molecule has 9 heteroatoms. The number of benzene rings is 3. The summed E-state index contributed by atoms with van der Waals surface area (Å²) < 4.78 is 13.2. The summed E-state index contributed by atoms with van der Waals surface area (Å²) in [5, 5.41) is 7.94. The van der Waals surface area contributed by atoms with Gasteiger partial charge in [0.25, 0.3) is 5.91 Å². The number of hydrogen-bond donors (Lipinski definition) is 1. The fraction of sp³-hybridized carbons (Fsp3) is 0.125. The first-order valence-corrected chi connectivity index (χ1v) is 11.1. The first kappa shape index (κ1) is 22.8. The number of carbonyl (C=O) groups excluding carboxylic acids is 1. The molecule has 0 aliphatic heterocycles. The summed E-state index contributed by atoms with van der Waals surface area (Å²) in [7, 11) is 3.08. The number of ether oxygens (including phenoxy) is 2. The largest absolute Gasteiger partial charge is 0.497 e. The van der Waals surface area contributed by atoms with Gasteiger partial charge in [0.1, 0.15) is 11.5 Å². The monoisotopic (exact) mass is 526 g/mol. The van der Waals surface area contributed by atoms with Crippen LogP contribution in [0.1, 0.15) is 16.2 Å². The van der Waals surface area contributed by atoms with Crippen LogP contribution in [-0.4, -0.2) is 34.9 Å². The van der Waals surface area contributed by atoms with E-state index in [0.29, 0.717) is 28.0 Å². The summed E-state index contributed by atoms with van der Waals surface area (Å²) >= 11 is 9.80. The number of methoxy groups -OCH3 is 2. The molecule has 0 fully saturated rings. The molecular formula is C24H20BrClN4O3. The fourth-order valence-corrected chi connectivity index (χ4v) is 3.71. The third-order valence-electron chi connectivity index (χ3n) is 5.03. The molecule has 33 heavy (non-hydrogen) atoms. The molecule has 0 unspecified atom stereocenters. The van der Waals surface area contributed by atoms with Crippen LogP contribution in [0.5, 0.6) is 11.5 Å². The molecule has 1 amide bonds. The Labute approximate surface area is 204 Å². The average molecular weight is 528 g/mol. The zero-order chi connectivity index (χ0) is 23.5. The maximum atomic E-state index is 13.1. The predicted octanol–water partition coefficient (Wildman–Crippen LogP) is 5.93. The van der Waals surface area contributed by atoms with E-state index >= 15 is 0 Å². The van der Waals surface area contributed by atoms with Gasteiger partial charge in [-0.25, -0.2) is 9.67 Å². The van der Waals surface area contributed by atoms with E-state index in [1.807, 2.05) is 43.3 Å². The highest BCUT2D eigenvalue weighted by atomic mass is 79.9. The summed E-state index contributed by atoms with van der Waals surface area (Å²) in [4.78, 5) is 17.7. The number of halogens is 2. The second kappa shape index (κ2) is 9.64. The van der Waals surface area contributed by atoms with E-state index in [-0.39, 0.29) is 5.82 Å². The number of nitrogens with one attached hydrogen (secondary N) is 1. The summed E-state index contributed by atoms with van der Waals surface area (Å²) in [6.07, 6.45) is 0. The van der Waals surface area contributed by atoms with Crippen molar-refractivity contribution >= 4 is 39.1 Å². The Bertz CT molecular complexity index is 1320. The molecule has 0 spiro atoms. The number of rotatable bonds is 6. The molecule has 168 valence electrons. The molecule has 4 rings (SSSR count). The zero-order valence-electron chi connectivity index (χ0n) is 18.1. The van der Waals surface area contributed by atoms with E-state index in [2.05, 4.69) is 31.3 Å². The lowest BCUT2D eigenvalue weighted by molar-refractivity contribution is 0.101. The Morgan fingerprint density at radius 1 is 1.06 bits per heavy atom. The van der Waals surface area contributed by atoms with Crippen LogP contribution in [-0.2, 0) is 0 Å². The van der Waals surface area contributed by atoms with Crippen LogP contribution >= 0.6 is 27.5 Å². The Hall–Kier alpha value is -3.36. The van der Waals surface area contributed by atoms with Crippen LogP contribution in [0.2, 0.25) is 5.02 Å². The standard InChI is InChI=1S/C24H20BrClN4O3/c1-14-18(26)5-4-6-20(14)30-23(15-7-9-16(25)10-8-15)28-22(29-30)24(31)27-19-13-17(32-2)11-12-21(19)33-3/h4-13H,1-3H3,(H,27,31). The van der Waals surface area contributed by atoms with Gasteiger partial charge in [0.15, 0.2) is 5.82 Å². The normalized spacial score (nSPS) is 10.7. The highest BCUT2D eigenvalue weighted by Crippen LogP contribution is 2.30. The minimum atomic E-state index is -0.488. The van der Waals surface area contributed by atoms with Crippen molar-refractivity contribution in [1.82, 2.24) is 14.8 Å². The van der Waals surface area contributed by atoms with Crippen LogP contribution in [0.4, 0.5) is 5.69 Å². The van der Waals surface area contributed by atoms with Crippen LogP contribution in [0.3, 0.4) is 0 Å². The number of hydrogen-bond acceptors (Lipinski definition) is 5. The first-order valence-electron chi connectivity index (χ1n) is 9.93. The van der Waals surface area contributed by atoms with Gasteiger partial charge in [-0.1, -0.05) is 45.7 Å². The van der Waals surface area contributed by atoms with Crippen LogP contribution in [0.25, 0.3) is 17.1 Å². The maximum Gasteiger partial charge on any atom is 0.295 e. The van der Waals surface area contributed by atoms with Crippen LogP contribution in [0, 0.1) is 6.92 Å². The predicted molar refractivity (Wildman–Crippen MR) is 132 cm³/mol. The van der Waals surface area contributed by atoms with E-state index in [1.54, 1.807) is 36.1 Å². The average Bonchev–Trinajstić information content (AvgIpc) is 3.26. The molecule has 4 aromatic rings. The topological polar surface area (TPSA) is 78.3 Å². The van der Waals surface area contributed by atoms with Gasteiger partial charge >= 0.3 is 0 Å². The molecule has 1 heterocycles. The molecule has 0 radical (unpaired) electrons. The maximum absolute atomic E-state index is 13.1. The quantitative estimate of drug-likeness (QED) is 0.336. The lowest BCUT2D eigenvalue weighted by Gasteiger charge is -2.11. The summed E-state index contributed by atoms with van der Waals surface area (Å²) in [5.74, 6) is 1.09. The smallest absolute Gasteiger partial charge is 0.295 e. The Morgan fingerprint density at radius 2 is 1.82 bits per heavy atom. The SMILES string of the molecule is COc1ccc(OC)c(NC(=O)c2nc(-c3ccc(Br)cc3)n(-c3cccc(Cl)c3C)n2)c1. The van der Waals surface area contributed by atoms with Gasteiger partial charge in [-0.3, -0.25) is 4.79 Å². The molecule has 7 nitrogen and oxygen atoms in total. The number of nitrogens with zero attached hydrogens (tertiary/aromatic N) is 3. The second-order valence-electron chi connectivity index (χ2n) is 7.08. The lowest BCUT2D eigenvalue weighted by Crippen LogP contribution is -2.15. The van der Waals surface area contributed by atoms with Gasteiger partial charge in [-0.2, -0.15) is 0 Å². The van der Waals surface area contributed by atoms with E-state index in [4.69, 9.17) is 21.1 Å². The molecule has 0 saturated heterocycles. The van der Waals surface area contributed by atoms with Crippen LogP contribution in [0.15, 0.2) is 65.1 Å². The summed E-state index contributed by atoms with van der Waals surface area (Å²) in [5.41, 5.74) is 2.79. The summed E-state index contributed by atoms with van der Waals surface area (Å²) in [6, 6.07) is 18.3. The lowest BCUT2D eigenvalue weighted by atomic mass is 10.1.